The van der Waals surface area contributed by atoms with Crippen LogP contribution in [-0.2, 0) is 19.4 Å². The Kier molecular flexibility index (Phi) is 6.87. The molecule has 28 heavy (non-hydrogen) atoms. The summed E-state index contributed by atoms with van der Waals surface area (Å²) in [5.74, 6) is -21.4. The van der Waals surface area contributed by atoms with Crippen LogP contribution in [0.5, 0.6) is 0 Å². The highest BCUT2D eigenvalue weighted by atomic mass is 19.4. The highest BCUT2D eigenvalue weighted by Crippen LogP contribution is 2.48. The summed E-state index contributed by atoms with van der Waals surface area (Å²) in [6, 6.07) is 0. The fourth-order valence-electron chi connectivity index (χ4n) is 1.19. The molecule has 0 saturated heterocycles. The van der Waals surface area contributed by atoms with Gasteiger partial charge in [-0.05, 0) is 0 Å². The van der Waals surface area contributed by atoms with Crippen LogP contribution >= 0.6 is 0 Å². The first-order valence-electron chi connectivity index (χ1n) is 5.99. The topological polar surface area (TPSA) is 52.6 Å². The van der Waals surface area contributed by atoms with Crippen LogP contribution in [0.2, 0.25) is 0 Å². The van der Waals surface area contributed by atoms with Gasteiger partial charge in [-0.2, -0.15) is 43.9 Å². The fraction of sp³-hybridized carbons (Fsp3) is 0.800. The number of carbonyl (C=O) groups is 2. The molecule has 0 aliphatic heterocycles. The first-order valence-corrected chi connectivity index (χ1v) is 5.99. The lowest BCUT2D eigenvalue weighted by atomic mass is 9.98. The van der Waals surface area contributed by atoms with Crippen molar-refractivity contribution in [3.05, 3.63) is 0 Å². The second-order valence-electron chi connectivity index (χ2n) is 4.76. The average molecular weight is 454 g/mol. The van der Waals surface area contributed by atoms with Crippen molar-refractivity contribution in [2.24, 2.45) is 0 Å². The first-order chi connectivity index (χ1) is 12.2. The lowest BCUT2D eigenvalue weighted by Gasteiger charge is -2.31. The smallest absolute Gasteiger partial charge is 0.247 e. The van der Waals surface area contributed by atoms with Gasteiger partial charge in [0.05, 0.1) is 0 Å². The Morgan fingerprint density at radius 1 is 0.536 bits per heavy atom. The van der Waals surface area contributed by atoms with Gasteiger partial charge in [-0.25, -0.2) is 36.9 Å². The van der Waals surface area contributed by atoms with Crippen molar-refractivity contribution in [1.82, 2.24) is 0 Å². The molecule has 0 radical (unpaired) electrons. The molecule has 2 unspecified atom stereocenters. The summed E-state index contributed by atoms with van der Waals surface area (Å²) in [6.45, 7) is -7.09. The van der Waals surface area contributed by atoms with Crippen LogP contribution in [0.25, 0.3) is 0 Å². The molecule has 0 spiro atoms. The van der Waals surface area contributed by atoms with E-state index in [4.69, 9.17) is 0 Å². The van der Waals surface area contributed by atoms with Gasteiger partial charge in [-0.1, -0.05) is 0 Å². The van der Waals surface area contributed by atoms with Crippen LogP contribution in [0.3, 0.4) is 0 Å². The van der Waals surface area contributed by atoms with Gasteiger partial charge in [0.25, 0.3) is 0 Å². The molecule has 0 amide bonds. The van der Waals surface area contributed by atoms with E-state index in [1.165, 1.54) is 0 Å². The molecule has 0 aromatic carbocycles. The van der Waals surface area contributed by atoms with Crippen LogP contribution in [0, 0.1) is 0 Å². The fourth-order valence-corrected chi connectivity index (χ4v) is 1.19. The van der Waals surface area contributed by atoms with E-state index < -0.39 is 60.8 Å². The van der Waals surface area contributed by atoms with E-state index in [9.17, 15) is 71.1 Å². The van der Waals surface area contributed by atoms with Crippen molar-refractivity contribution >= 4 is 11.9 Å². The lowest BCUT2D eigenvalue weighted by Crippen LogP contribution is -2.62. The molecule has 0 saturated carbocycles. The molecule has 0 fully saturated rings. The average Bonchev–Trinajstić information content (AvgIpc) is 2.55. The summed E-state index contributed by atoms with van der Waals surface area (Å²) < 4.78 is 175. The van der Waals surface area contributed by atoms with Gasteiger partial charge in [-0.15, -0.1) is 0 Å². The molecular formula is C10H4F14O4. The lowest BCUT2D eigenvalue weighted by molar-refractivity contribution is -0.349. The third-order valence-electron chi connectivity index (χ3n) is 2.92. The predicted octanol–water partition coefficient (Wildman–Crippen LogP) is 3.74. The van der Waals surface area contributed by atoms with Crippen LogP contribution in [0.1, 0.15) is 0 Å². The zero-order valence-electron chi connectivity index (χ0n) is 12.3. The van der Waals surface area contributed by atoms with Crippen LogP contribution in [0.15, 0.2) is 0 Å². The number of alkyl halides is 14. The maximum atomic E-state index is 13.4. The summed E-state index contributed by atoms with van der Waals surface area (Å²) in [7, 11) is 0. The summed E-state index contributed by atoms with van der Waals surface area (Å²) in [4.78, 5) is 26.7. The quantitative estimate of drug-likeness (QED) is 0.349. The van der Waals surface area contributed by atoms with E-state index in [0.717, 1.165) is 0 Å². The molecule has 18 heteroatoms. The Morgan fingerprint density at radius 2 is 0.750 bits per heavy atom. The van der Waals surface area contributed by atoms with Crippen LogP contribution in [0.4, 0.5) is 61.5 Å². The minimum absolute atomic E-state index is 2.51. The second kappa shape index (κ2) is 7.41. The molecule has 166 valence electrons. The molecule has 0 N–H and O–H groups in total. The van der Waals surface area contributed by atoms with Crippen molar-refractivity contribution in [2.45, 2.75) is 35.5 Å². The number of hydrogen-bond acceptors (Lipinski definition) is 4. The van der Waals surface area contributed by atoms with Gasteiger partial charge in [0.1, 0.15) is 13.3 Å². The SMILES string of the molecule is O=C(OOC(=O)C(F)(CF)C(F)(F)C(F)(F)F)C(F)(CF)C(F)(F)C(F)(F)F. The molecule has 0 aromatic rings. The summed E-state index contributed by atoms with van der Waals surface area (Å²) in [6.07, 6.45) is -14.0. The van der Waals surface area contributed by atoms with E-state index in [-0.39, 0.29) is 0 Å². The Morgan fingerprint density at radius 3 is 0.893 bits per heavy atom. The molecule has 0 aliphatic rings. The van der Waals surface area contributed by atoms with Gasteiger partial charge in [0.2, 0.25) is 0 Å². The van der Waals surface area contributed by atoms with Crippen LogP contribution in [-0.4, -0.2) is 60.8 Å². The Balaban J connectivity index is 5.69. The zero-order chi connectivity index (χ0) is 23.0. The van der Waals surface area contributed by atoms with E-state index in [0.29, 0.717) is 0 Å². The summed E-state index contributed by atoms with van der Waals surface area (Å²) >= 11 is 0. The van der Waals surface area contributed by atoms with E-state index in [2.05, 4.69) is 9.78 Å². The standard InChI is InChI=1S/C10H4F14O4/c11-1-5(13,7(15,16)9(19,20)21)3(25)27-28-4(26)6(14,2-12)8(17,18)10(22,23)24/h1-2H2. The molecule has 0 rings (SSSR count). The number of halogens is 14. The third-order valence-corrected chi connectivity index (χ3v) is 2.92. The van der Waals surface area contributed by atoms with Crippen molar-refractivity contribution in [2.75, 3.05) is 13.3 Å². The van der Waals surface area contributed by atoms with E-state index in [1.54, 1.807) is 0 Å². The van der Waals surface area contributed by atoms with Gasteiger partial charge < -0.3 is 0 Å². The third kappa shape index (κ3) is 3.89. The van der Waals surface area contributed by atoms with Gasteiger partial charge in [0.15, 0.2) is 0 Å². The van der Waals surface area contributed by atoms with Gasteiger partial charge in [0, 0.05) is 0 Å². The minimum Gasteiger partial charge on any atom is -0.247 e. The Hall–Kier alpha value is -2.04. The van der Waals surface area contributed by atoms with Crippen molar-refractivity contribution in [1.29, 1.82) is 0 Å². The highest BCUT2D eigenvalue weighted by Gasteiger charge is 2.78. The molecule has 0 aromatic heterocycles. The molecule has 0 bridgehead atoms. The van der Waals surface area contributed by atoms with E-state index >= 15 is 0 Å². The summed E-state index contributed by atoms with van der Waals surface area (Å²) in [5.41, 5.74) is -12.1. The molecule has 0 heterocycles. The Bertz CT molecular complexity index is 546. The molecule has 4 nitrogen and oxygen atoms in total. The highest BCUT2D eigenvalue weighted by molar-refractivity contribution is 5.84. The molecule has 2 atom stereocenters. The van der Waals surface area contributed by atoms with Gasteiger partial charge in [-0.3, -0.25) is 0 Å². The number of carbonyl (C=O) groups excluding carboxylic acids is 2. The normalized spacial score (nSPS) is 18.1. The second-order valence-corrected chi connectivity index (χ2v) is 4.76. The predicted molar refractivity (Wildman–Crippen MR) is 53.8 cm³/mol. The molecule has 0 aliphatic carbocycles. The van der Waals surface area contributed by atoms with Crippen LogP contribution < -0.4 is 0 Å². The largest absolute Gasteiger partial charge is 0.457 e. The van der Waals surface area contributed by atoms with Crippen molar-refractivity contribution in [3.63, 3.8) is 0 Å². The Labute approximate surface area is 143 Å². The van der Waals surface area contributed by atoms with Gasteiger partial charge >= 0.3 is 47.5 Å². The zero-order valence-corrected chi connectivity index (χ0v) is 12.3. The molecular weight excluding hydrogens is 450 g/mol. The minimum atomic E-state index is -6.98. The van der Waals surface area contributed by atoms with Crippen molar-refractivity contribution < 1.29 is 80.8 Å². The maximum absolute atomic E-state index is 13.4. The number of rotatable bonds is 6. The van der Waals surface area contributed by atoms with Crippen molar-refractivity contribution in [3.8, 4) is 0 Å². The monoisotopic (exact) mass is 454 g/mol. The first kappa shape index (κ1) is 26.0. The maximum Gasteiger partial charge on any atom is 0.457 e. The van der Waals surface area contributed by atoms with E-state index in [1.807, 2.05) is 0 Å². The number of hydrogen-bond donors (Lipinski definition) is 0. The summed E-state index contributed by atoms with van der Waals surface area (Å²) in [5, 5.41) is 0.